The number of hydrogen-bond donors (Lipinski definition) is 0. The molecule has 0 aliphatic carbocycles. The van der Waals surface area contributed by atoms with E-state index in [0.717, 1.165) is 22.3 Å². The van der Waals surface area contributed by atoms with Crippen molar-refractivity contribution in [2.24, 2.45) is 11.8 Å². The van der Waals surface area contributed by atoms with Crippen molar-refractivity contribution in [3.05, 3.63) is 138 Å². The Hall–Kier alpha value is -5.17. The molecule has 3 aliphatic rings. The van der Waals surface area contributed by atoms with Gasteiger partial charge in [0.05, 0.1) is 30.7 Å². The highest BCUT2D eigenvalue weighted by Gasteiger charge is 2.65. The van der Waals surface area contributed by atoms with Crippen LogP contribution in [0.1, 0.15) is 34.4 Å². The van der Waals surface area contributed by atoms with Gasteiger partial charge >= 0.3 is 5.97 Å². The van der Waals surface area contributed by atoms with E-state index in [1.165, 1.54) is 4.90 Å². The highest BCUT2D eigenvalue weighted by molar-refractivity contribution is 6.24. The zero-order valence-electron chi connectivity index (χ0n) is 22.9. The number of benzene rings is 4. The number of amides is 2. The van der Waals surface area contributed by atoms with E-state index in [4.69, 9.17) is 9.47 Å². The lowest BCUT2D eigenvalue weighted by Gasteiger charge is -2.35. The van der Waals surface area contributed by atoms with Crippen LogP contribution in [0.4, 0.5) is 5.69 Å². The zero-order valence-corrected chi connectivity index (χ0v) is 22.9. The van der Waals surface area contributed by atoms with E-state index in [1.807, 2.05) is 102 Å². The fourth-order valence-electron chi connectivity index (χ4n) is 6.58. The molecular formula is C35H28N2O5. The van der Waals surface area contributed by atoms with Crippen LogP contribution in [-0.4, -0.2) is 35.8 Å². The molecule has 4 aromatic rings. The molecule has 0 bridgehead atoms. The van der Waals surface area contributed by atoms with Crippen LogP contribution in [0.2, 0.25) is 0 Å². The first-order valence-electron chi connectivity index (χ1n) is 13.9. The summed E-state index contributed by atoms with van der Waals surface area (Å²) in [5.74, 6) is -2.34. The zero-order chi connectivity index (χ0) is 28.8. The summed E-state index contributed by atoms with van der Waals surface area (Å²) >= 11 is 0. The van der Waals surface area contributed by atoms with Crippen molar-refractivity contribution in [3.8, 4) is 5.75 Å². The molecule has 0 radical (unpaired) electrons. The summed E-state index contributed by atoms with van der Waals surface area (Å²) < 4.78 is 11.6. The predicted octanol–water partition coefficient (Wildman–Crippen LogP) is 5.54. The standard InChI is InChI=1S/C35H28N2O5/c1-41-26-18-16-25(17-19-26)37-33(38)28-29(34(37)39)31(36-21-20-22-10-8-9-15-27(22)30(28)36)35(40)42-32(23-11-4-2-5-12-23)24-13-6-3-7-14-24/h2-21,28-32H,1H3/t28-,29+,30-,31+/m0/s1. The Morgan fingerprint density at radius 2 is 1.33 bits per heavy atom. The molecule has 7 heteroatoms. The maximum Gasteiger partial charge on any atom is 0.330 e. The van der Waals surface area contributed by atoms with E-state index in [9.17, 15) is 14.4 Å². The minimum absolute atomic E-state index is 0.326. The summed E-state index contributed by atoms with van der Waals surface area (Å²) in [4.78, 5) is 45.7. The number of imide groups is 1. The van der Waals surface area contributed by atoms with Crippen LogP contribution in [0.25, 0.3) is 6.08 Å². The molecule has 2 saturated heterocycles. The van der Waals surface area contributed by atoms with Crippen LogP contribution in [-0.2, 0) is 19.1 Å². The second kappa shape index (κ2) is 10.3. The minimum atomic E-state index is -0.987. The Morgan fingerprint density at radius 1 is 0.738 bits per heavy atom. The maximum atomic E-state index is 14.3. The van der Waals surface area contributed by atoms with Crippen molar-refractivity contribution in [3.63, 3.8) is 0 Å². The van der Waals surface area contributed by atoms with E-state index in [-0.39, 0.29) is 5.91 Å². The van der Waals surface area contributed by atoms with Gasteiger partial charge in [0.2, 0.25) is 11.8 Å². The van der Waals surface area contributed by atoms with Gasteiger partial charge < -0.3 is 14.4 Å². The summed E-state index contributed by atoms with van der Waals surface area (Å²) in [6.45, 7) is 0. The fraction of sp³-hybridized carbons (Fsp3) is 0.171. The fourth-order valence-corrected chi connectivity index (χ4v) is 6.58. The number of rotatable bonds is 6. The van der Waals surface area contributed by atoms with Crippen LogP contribution in [0, 0.1) is 11.8 Å². The van der Waals surface area contributed by atoms with Gasteiger partial charge in [-0.05, 0) is 52.6 Å². The Kier molecular flexibility index (Phi) is 6.35. The van der Waals surface area contributed by atoms with E-state index in [2.05, 4.69) is 0 Å². The number of methoxy groups -OCH3 is 1. The lowest BCUT2D eigenvalue weighted by atomic mass is 9.84. The third-order valence-corrected chi connectivity index (χ3v) is 8.47. The quantitative estimate of drug-likeness (QED) is 0.229. The average molecular weight is 557 g/mol. The normalized spacial score (nSPS) is 22.1. The smallest absolute Gasteiger partial charge is 0.330 e. The average Bonchev–Trinajstić information content (AvgIpc) is 3.52. The Labute approximate surface area is 243 Å². The molecule has 3 aliphatic heterocycles. The molecule has 0 N–H and O–H groups in total. The lowest BCUT2D eigenvalue weighted by Crippen LogP contribution is -2.45. The highest BCUT2D eigenvalue weighted by atomic mass is 16.5. The van der Waals surface area contributed by atoms with Crippen LogP contribution in [0.15, 0.2) is 115 Å². The van der Waals surface area contributed by atoms with Crippen LogP contribution in [0.5, 0.6) is 5.75 Å². The number of hydrogen-bond acceptors (Lipinski definition) is 6. The Balaban J connectivity index is 1.30. The molecule has 4 aromatic carbocycles. The van der Waals surface area contributed by atoms with Crippen molar-refractivity contribution in [1.29, 1.82) is 0 Å². The van der Waals surface area contributed by atoms with Crippen molar-refractivity contribution >= 4 is 29.5 Å². The summed E-state index contributed by atoms with van der Waals surface area (Å²) in [5.41, 5.74) is 3.95. The van der Waals surface area contributed by atoms with Crippen LogP contribution >= 0.6 is 0 Å². The van der Waals surface area contributed by atoms with Gasteiger partial charge in [-0.15, -0.1) is 0 Å². The third kappa shape index (κ3) is 4.08. The second-order valence-corrected chi connectivity index (χ2v) is 10.7. The molecule has 3 heterocycles. The maximum absolute atomic E-state index is 14.3. The second-order valence-electron chi connectivity index (χ2n) is 10.7. The molecule has 0 aromatic heterocycles. The molecule has 4 atom stereocenters. The molecule has 0 spiro atoms. The monoisotopic (exact) mass is 556 g/mol. The highest BCUT2D eigenvalue weighted by Crippen LogP contribution is 2.53. The Morgan fingerprint density at radius 3 is 1.98 bits per heavy atom. The van der Waals surface area contributed by atoms with Crippen molar-refractivity contribution in [2.45, 2.75) is 18.2 Å². The first-order chi connectivity index (χ1) is 20.6. The largest absolute Gasteiger partial charge is 0.497 e. The molecule has 2 amide bonds. The van der Waals surface area contributed by atoms with Gasteiger partial charge in [-0.25, -0.2) is 9.69 Å². The van der Waals surface area contributed by atoms with Gasteiger partial charge in [-0.3, -0.25) is 9.59 Å². The van der Waals surface area contributed by atoms with Crippen LogP contribution < -0.4 is 9.64 Å². The number of fused-ring (bicyclic) bond motifs is 5. The van der Waals surface area contributed by atoms with Gasteiger partial charge in [0.1, 0.15) is 11.8 Å². The van der Waals surface area contributed by atoms with Gasteiger partial charge in [0.25, 0.3) is 0 Å². The van der Waals surface area contributed by atoms with Gasteiger partial charge in [-0.2, -0.15) is 0 Å². The Bertz CT molecular complexity index is 1650. The van der Waals surface area contributed by atoms with E-state index in [0.29, 0.717) is 11.4 Å². The van der Waals surface area contributed by atoms with Crippen molar-refractivity contribution in [2.75, 3.05) is 12.0 Å². The van der Waals surface area contributed by atoms with Gasteiger partial charge in [-0.1, -0.05) is 84.9 Å². The van der Waals surface area contributed by atoms with Crippen LogP contribution in [0.3, 0.4) is 0 Å². The molecule has 0 saturated carbocycles. The van der Waals surface area contributed by atoms with E-state index in [1.54, 1.807) is 31.4 Å². The number of carbonyl (C=O) groups is 3. The summed E-state index contributed by atoms with van der Waals surface area (Å²) in [6.07, 6.45) is 3.08. The molecule has 7 rings (SSSR count). The molecule has 208 valence electrons. The third-order valence-electron chi connectivity index (χ3n) is 8.47. The van der Waals surface area contributed by atoms with Crippen molar-refractivity contribution < 1.29 is 23.9 Å². The van der Waals surface area contributed by atoms with Gasteiger partial charge in [0.15, 0.2) is 6.10 Å². The molecular weight excluding hydrogens is 528 g/mol. The predicted molar refractivity (Wildman–Crippen MR) is 157 cm³/mol. The molecule has 2 fully saturated rings. The summed E-state index contributed by atoms with van der Waals surface area (Å²) in [7, 11) is 1.56. The summed E-state index contributed by atoms with van der Waals surface area (Å²) in [5, 5.41) is 0. The van der Waals surface area contributed by atoms with Crippen molar-refractivity contribution in [1.82, 2.24) is 4.90 Å². The number of carbonyl (C=O) groups excluding carboxylic acids is 3. The number of esters is 1. The molecule has 42 heavy (non-hydrogen) atoms. The molecule has 0 unspecified atom stereocenters. The first-order valence-corrected chi connectivity index (χ1v) is 13.9. The number of nitrogens with zero attached hydrogens (tertiary/aromatic N) is 2. The topological polar surface area (TPSA) is 76.2 Å². The lowest BCUT2D eigenvalue weighted by molar-refractivity contribution is -0.155. The SMILES string of the molecule is COc1ccc(N2C(=O)[C@@H]3[C@H](C2=O)[C@@H]2c4ccccc4C=CN2[C@H]3C(=O)OC(c2ccccc2)c2ccccc2)cc1. The van der Waals surface area contributed by atoms with E-state index >= 15 is 0 Å². The first kappa shape index (κ1) is 25.8. The van der Waals surface area contributed by atoms with Gasteiger partial charge in [0, 0.05) is 6.20 Å². The van der Waals surface area contributed by atoms with E-state index < -0.39 is 41.9 Å². The minimum Gasteiger partial charge on any atom is -0.497 e. The summed E-state index contributed by atoms with van der Waals surface area (Å²) in [6, 6.07) is 32.2. The number of anilines is 1. The number of ether oxygens (including phenoxy) is 2. The molecule has 7 nitrogen and oxygen atoms in total.